The molecule has 0 fully saturated rings. The quantitative estimate of drug-likeness (QED) is 0.781. The molecular formula is C13H16N2O2. The van der Waals surface area contributed by atoms with Crippen molar-refractivity contribution in [2.45, 2.75) is 19.8 Å². The highest BCUT2D eigenvalue weighted by atomic mass is 16.5. The third kappa shape index (κ3) is 3.80. The monoisotopic (exact) mass is 232 g/mol. The fourth-order valence-electron chi connectivity index (χ4n) is 1.60. The molecule has 0 bridgehead atoms. The zero-order valence-electron chi connectivity index (χ0n) is 10.1. The normalized spacial score (nSPS) is 9.47. The lowest BCUT2D eigenvalue weighted by Crippen LogP contribution is -2.23. The molecule has 0 unspecified atom stereocenters. The summed E-state index contributed by atoms with van der Waals surface area (Å²) in [5.74, 6) is 0.212. The molecule has 4 nitrogen and oxygen atoms in total. The second kappa shape index (κ2) is 6.54. The van der Waals surface area contributed by atoms with E-state index >= 15 is 0 Å². The first-order chi connectivity index (χ1) is 8.21. The van der Waals surface area contributed by atoms with Gasteiger partial charge in [-0.15, -0.1) is 0 Å². The van der Waals surface area contributed by atoms with Crippen LogP contribution in [-0.4, -0.2) is 19.6 Å². The summed E-state index contributed by atoms with van der Waals surface area (Å²) in [6.45, 7) is 2.53. The lowest BCUT2D eigenvalue weighted by atomic mass is 10.1. The molecule has 1 N–H and O–H groups in total. The van der Waals surface area contributed by atoms with Gasteiger partial charge in [0.1, 0.15) is 5.75 Å². The Morgan fingerprint density at radius 2 is 2.29 bits per heavy atom. The number of carbonyl (C=O) groups excluding carboxylic acids is 1. The maximum Gasteiger partial charge on any atom is 0.322 e. The first-order valence-electron chi connectivity index (χ1n) is 5.55. The van der Waals surface area contributed by atoms with Crippen LogP contribution in [0.15, 0.2) is 18.2 Å². The van der Waals surface area contributed by atoms with Gasteiger partial charge in [0.25, 0.3) is 0 Å². The summed E-state index contributed by atoms with van der Waals surface area (Å²) >= 11 is 0. The van der Waals surface area contributed by atoms with Crippen LogP contribution >= 0.6 is 0 Å². The molecule has 0 heterocycles. The van der Waals surface area contributed by atoms with E-state index in [4.69, 9.17) is 10.00 Å². The Hall–Kier alpha value is -2.02. The van der Waals surface area contributed by atoms with Gasteiger partial charge in [0.05, 0.1) is 7.11 Å². The molecule has 0 aliphatic heterocycles. The number of nitrogens with zero attached hydrogens (tertiary/aromatic N) is 1. The van der Waals surface area contributed by atoms with E-state index in [-0.39, 0.29) is 0 Å². The Morgan fingerprint density at radius 3 is 2.88 bits per heavy atom. The maximum atomic E-state index is 10.8. The van der Waals surface area contributed by atoms with E-state index in [1.165, 1.54) is 11.6 Å². The Kier molecular flexibility index (Phi) is 5.02. The average molecular weight is 232 g/mol. The second-order valence-electron chi connectivity index (χ2n) is 3.62. The van der Waals surface area contributed by atoms with Crippen LogP contribution in [0.25, 0.3) is 0 Å². The molecule has 0 aliphatic rings. The highest BCUT2D eigenvalue weighted by Gasteiger charge is 2.05. The number of rotatable bonds is 5. The van der Waals surface area contributed by atoms with Gasteiger partial charge in [0.15, 0.2) is 6.07 Å². The highest BCUT2D eigenvalue weighted by Crippen LogP contribution is 2.20. The van der Waals surface area contributed by atoms with Crippen molar-refractivity contribution in [3.8, 4) is 11.8 Å². The summed E-state index contributed by atoms with van der Waals surface area (Å²) in [6, 6.07) is 7.54. The van der Waals surface area contributed by atoms with Crippen LogP contribution in [-0.2, 0) is 17.6 Å². The third-order valence-electron chi connectivity index (χ3n) is 2.53. The maximum absolute atomic E-state index is 10.8. The van der Waals surface area contributed by atoms with Gasteiger partial charge in [-0.1, -0.05) is 19.1 Å². The molecule has 0 aliphatic carbocycles. The zero-order valence-corrected chi connectivity index (χ0v) is 10.1. The van der Waals surface area contributed by atoms with Crippen LogP contribution in [0, 0.1) is 11.3 Å². The topological polar surface area (TPSA) is 62.1 Å². The molecule has 0 saturated heterocycles. The Balaban J connectivity index is 2.68. The van der Waals surface area contributed by atoms with Crippen LogP contribution in [0.4, 0.5) is 0 Å². The number of hydrogen-bond donors (Lipinski definition) is 1. The predicted molar refractivity (Wildman–Crippen MR) is 64.7 cm³/mol. The van der Waals surface area contributed by atoms with Crippen LogP contribution in [0.1, 0.15) is 18.1 Å². The summed E-state index contributed by atoms with van der Waals surface area (Å²) in [6.07, 6.45) is 1.62. The largest absolute Gasteiger partial charge is 0.496 e. The van der Waals surface area contributed by atoms with E-state index < -0.39 is 5.91 Å². The fourth-order valence-corrected chi connectivity index (χ4v) is 1.60. The summed E-state index contributed by atoms with van der Waals surface area (Å²) in [5, 5.41) is 10.8. The van der Waals surface area contributed by atoms with Gasteiger partial charge in [-0.05, 0) is 30.0 Å². The second-order valence-corrected chi connectivity index (χ2v) is 3.62. The minimum Gasteiger partial charge on any atom is -0.496 e. The summed E-state index contributed by atoms with van der Waals surface area (Å²) in [7, 11) is 1.62. The zero-order chi connectivity index (χ0) is 12.7. The highest BCUT2D eigenvalue weighted by molar-refractivity contribution is 5.91. The number of hydrogen-bond acceptors (Lipinski definition) is 3. The molecule has 0 spiro atoms. The number of aryl methyl sites for hydroxylation is 1. The smallest absolute Gasteiger partial charge is 0.322 e. The molecule has 0 aromatic heterocycles. The number of nitrogens with one attached hydrogen (secondary N) is 1. The lowest BCUT2D eigenvalue weighted by molar-refractivity contribution is -0.115. The van der Waals surface area contributed by atoms with Gasteiger partial charge in [0.2, 0.25) is 0 Å². The van der Waals surface area contributed by atoms with E-state index in [1.54, 1.807) is 7.11 Å². The van der Waals surface area contributed by atoms with Gasteiger partial charge in [-0.2, -0.15) is 5.26 Å². The minimum atomic E-state index is -0.601. The van der Waals surface area contributed by atoms with Crippen LogP contribution in [0.3, 0.4) is 0 Å². The van der Waals surface area contributed by atoms with Crippen molar-refractivity contribution in [1.29, 1.82) is 5.26 Å². The van der Waals surface area contributed by atoms with Crippen LogP contribution < -0.4 is 10.1 Å². The molecule has 0 saturated carbocycles. The van der Waals surface area contributed by atoms with Crippen molar-refractivity contribution in [3.05, 3.63) is 29.3 Å². The Labute approximate surface area is 101 Å². The van der Waals surface area contributed by atoms with E-state index in [0.29, 0.717) is 13.0 Å². The number of amides is 1. The van der Waals surface area contributed by atoms with E-state index in [1.807, 2.05) is 12.1 Å². The molecule has 1 aromatic rings. The van der Waals surface area contributed by atoms with Crippen molar-refractivity contribution in [2.75, 3.05) is 13.7 Å². The number of methoxy groups -OCH3 is 1. The van der Waals surface area contributed by atoms with Gasteiger partial charge in [-0.25, -0.2) is 0 Å². The number of nitriles is 1. The van der Waals surface area contributed by atoms with E-state index in [9.17, 15) is 4.79 Å². The van der Waals surface area contributed by atoms with Gasteiger partial charge in [-0.3, -0.25) is 4.79 Å². The first-order valence-corrected chi connectivity index (χ1v) is 5.55. The molecule has 1 rings (SSSR count). The fraction of sp³-hybridized carbons (Fsp3) is 0.385. The summed E-state index contributed by atoms with van der Waals surface area (Å²) in [4.78, 5) is 10.8. The number of benzene rings is 1. The molecular weight excluding hydrogens is 216 g/mol. The minimum absolute atomic E-state index is 0.440. The number of ether oxygens (including phenoxy) is 1. The standard InChI is InChI=1S/C13H16N2O2/c1-3-10-4-5-12(17-2)11(8-10)6-7-15-13(16)9-14/h4-5,8H,3,6-7H2,1-2H3,(H,15,16). The van der Waals surface area contributed by atoms with Crippen LogP contribution in [0.5, 0.6) is 5.75 Å². The average Bonchev–Trinajstić information content (AvgIpc) is 2.38. The molecule has 0 radical (unpaired) electrons. The lowest BCUT2D eigenvalue weighted by Gasteiger charge is -2.10. The Bertz CT molecular complexity index is 436. The van der Waals surface area contributed by atoms with Gasteiger partial charge >= 0.3 is 5.91 Å². The summed E-state index contributed by atoms with van der Waals surface area (Å²) < 4.78 is 5.25. The molecule has 1 aromatic carbocycles. The molecule has 17 heavy (non-hydrogen) atoms. The molecule has 4 heteroatoms. The summed E-state index contributed by atoms with van der Waals surface area (Å²) in [5.41, 5.74) is 2.28. The predicted octanol–water partition coefficient (Wildman–Crippen LogP) is 1.44. The Morgan fingerprint density at radius 1 is 1.53 bits per heavy atom. The van der Waals surface area contributed by atoms with Crippen molar-refractivity contribution >= 4 is 5.91 Å². The molecule has 0 atom stereocenters. The molecule has 1 amide bonds. The number of carbonyl (C=O) groups is 1. The van der Waals surface area contributed by atoms with Gasteiger partial charge in [0, 0.05) is 6.54 Å². The van der Waals surface area contributed by atoms with E-state index in [2.05, 4.69) is 18.3 Å². The van der Waals surface area contributed by atoms with Crippen LogP contribution in [0.2, 0.25) is 0 Å². The third-order valence-corrected chi connectivity index (χ3v) is 2.53. The van der Waals surface area contributed by atoms with Gasteiger partial charge < -0.3 is 10.1 Å². The first kappa shape index (κ1) is 13.0. The van der Waals surface area contributed by atoms with Crippen molar-refractivity contribution in [2.24, 2.45) is 0 Å². The van der Waals surface area contributed by atoms with E-state index in [0.717, 1.165) is 17.7 Å². The van der Waals surface area contributed by atoms with Crippen molar-refractivity contribution in [1.82, 2.24) is 5.32 Å². The van der Waals surface area contributed by atoms with Crippen molar-refractivity contribution < 1.29 is 9.53 Å². The SMILES string of the molecule is CCc1ccc(OC)c(CCNC(=O)C#N)c1. The molecule has 90 valence electrons. The van der Waals surface area contributed by atoms with Crippen molar-refractivity contribution in [3.63, 3.8) is 0 Å².